The minimum absolute atomic E-state index is 0.703. The zero-order valence-corrected chi connectivity index (χ0v) is 8.28. The summed E-state index contributed by atoms with van der Waals surface area (Å²) in [5.41, 5.74) is 0. The van der Waals surface area contributed by atoms with Crippen molar-refractivity contribution in [3.8, 4) is 0 Å². The Hall–Kier alpha value is -0.110. The summed E-state index contributed by atoms with van der Waals surface area (Å²) in [6, 6.07) is 0. The summed E-state index contributed by atoms with van der Waals surface area (Å²) in [5.74, 6) is 0.703. The van der Waals surface area contributed by atoms with Crippen LogP contribution in [-0.2, 0) is 0 Å². The predicted octanol–water partition coefficient (Wildman–Crippen LogP) is 2.46. The molecule has 11 heavy (non-hydrogen) atoms. The van der Waals surface area contributed by atoms with Gasteiger partial charge in [0.05, 0.1) is 4.99 Å². The van der Waals surface area contributed by atoms with E-state index in [2.05, 4.69) is 19.0 Å². The first-order chi connectivity index (χ1) is 5.22. The van der Waals surface area contributed by atoms with Crippen molar-refractivity contribution in [2.75, 3.05) is 14.1 Å². The van der Waals surface area contributed by atoms with Crippen molar-refractivity contribution >= 4 is 17.2 Å². The molecule has 1 aliphatic carbocycles. The molecule has 0 aliphatic heterocycles. The van der Waals surface area contributed by atoms with Crippen LogP contribution in [0.25, 0.3) is 0 Å². The Bertz CT molecular complexity index is 136. The normalized spacial score (nSPS) is 19.8. The highest BCUT2D eigenvalue weighted by Gasteiger charge is 2.18. The summed E-state index contributed by atoms with van der Waals surface area (Å²) >= 11 is 5.32. The molecule has 1 aliphatic rings. The van der Waals surface area contributed by atoms with Gasteiger partial charge in [0.1, 0.15) is 0 Å². The van der Waals surface area contributed by atoms with Crippen LogP contribution in [0.3, 0.4) is 0 Å². The molecule has 0 aromatic carbocycles. The van der Waals surface area contributed by atoms with Gasteiger partial charge in [-0.05, 0) is 12.8 Å². The van der Waals surface area contributed by atoms with Gasteiger partial charge in [-0.2, -0.15) is 0 Å². The first kappa shape index (κ1) is 8.98. The van der Waals surface area contributed by atoms with Crippen molar-refractivity contribution in [2.24, 2.45) is 5.92 Å². The summed E-state index contributed by atoms with van der Waals surface area (Å²) < 4.78 is 0. The molecule has 1 fully saturated rings. The van der Waals surface area contributed by atoms with Crippen LogP contribution in [0, 0.1) is 5.92 Å². The molecule has 0 atom stereocenters. The summed E-state index contributed by atoms with van der Waals surface area (Å²) in [5, 5.41) is 0. The number of rotatable bonds is 1. The van der Waals surface area contributed by atoms with Crippen molar-refractivity contribution in [1.82, 2.24) is 4.90 Å². The largest absolute Gasteiger partial charge is 0.372 e. The molecule has 0 aromatic rings. The van der Waals surface area contributed by atoms with Crippen molar-refractivity contribution < 1.29 is 0 Å². The van der Waals surface area contributed by atoms with Crippen LogP contribution >= 0.6 is 12.2 Å². The van der Waals surface area contributed by atoms with Crippen molar-refractivity contribution in [3.63, 3.8) is 0 Å². The minimum atomic E-state index is 0.703. The zero-order valence-electron chi connectivity index (χ0n) is 7.47. The van der Waals surface area contributed by atoms with Gasteiger partial charge in [0, 0.05) is 20.0 Å². The van der Waals surface area contributed by atoms with E-state index in [1.165, 1.54) is 32.1 Å². The van der Waals surface area contributed by atoms with E-state index < -0.39 is 0 Å². The second kappa shape index (κ2) is 4.05. The molecule has 0 unspecified atom stereocenters. The fourth-order valence-electron chi connectivity index (χ4n) is 1.71. The minimum Gasteiger partial charge on any atom is -0.372 e. The summed E-state index contributed by atoms with van der Waals surface area (Å²) in [6.45, 7) is 0. The van der Waals surface area contributed by atoms with Gasteiger partial charge in [-0.15, -0.1) is 0 Å². The van der Waals surface area contributed by atoms with Crippen LogP contribution in [0.1, 0.15) is 32.1 Å². The van der Waals surface area contributed by atoms with Gasteiger partial charge < -0.3 is 4.90 Å². The Balaban J connectivity index is 2.39. The highest BCUT2D eigenvalue weighted by atomic mass is 32.1. The Morgan fingerprint density at radius 3 is 2.18 bits per heavy atom. The van der Waals surface area contributed by atoms with Gasteiger partial charge in [-0.3, -0.25) is 0 Å². The number of nitrogens with zero attached hydrogens (tertiary/aromatic N) is 1. The third-order valence-electron chi connectivity index (χ3n) is 2.40. The van der Waals surface area contributed by atoms with Gasteiger partial charge in [0.15, 0.2) is 0 Å². The summed E-state index contributed by atoms with van der Waals surface area (Å²) in [6.07, 6.45) is 6.79. The maximum atomic E-state index is 5.32. The zero-order chi connectivity index (χ0) is 8.27. The first-order valence-corrected chi connectivity index (χ1v) is 4.84. The predicted molar refractivity (Wildman–Crippen MR) is 52.9 cm³/mol. The van der Waals surface area contributed by atoms with Crippen LogP contribution in [-0.4, -0.2) is 24.0 Å². The van der Waals surface area contributed by atoms with E-state index in [4.69, 9.17) is 12.2 Å². The lowest BCUT2D eigenvalue weighted by molar-refractivity contribution is 0.415. The van der Waals surface area contributed by atoms with Crippen LogP contribution < -0.4 is 0 Å². The topological polar surface area (TPSA) is 3.24 Å². The van der Waals surface area contributed by atoms with Gasteiger partial charge >= 0.3 is 0 Å². The Morgan fingerprint density at radius 2 is 1.73 bits per heavy atom. The van der Waals surface area contributed by atoms with E-state index >= 15 is 0 Å². The fourth-order valence-corrected chi connectivity index (χ4v) is 1.95. The quantitative estimate of drug-likeness (QED) is 0.558. The SMILES string of the molecule is CN(C)C(=S)C1CCCCC1. The average Bonchev–Trinajstić information content (AvgIpc) is 2.05. The van der Waals surface area contributed by atoms with Crippen LogP contribution in [0.2, 0.25) is 0 Å². The van der Waals surface area contributed by atoms with E-state index in [1.54, 1.807) is 0 Å². The fraction of sp³-hybridized carbons (Fsp3) is 0.889. The summed E-state index contributed by atoms with van der Waals surface area (Å²) in [4.78, 5) is 3.25. The smallest absolute Gasteiger partial charge is 0.0805 e. The molecule has 64 valence electrons. The van der Waals surface area contributed by atoms with Crippen molar-refractivity contribution in [1.29, 1.82) is 0 Å². The Morgan fingerprint density at radius 1 is 1.18 bits per heavy atom. The second-order valence-corrected chi connectivity index (χ2v) is 3.99. The molecule has 0 aromatic heterocycles. The Kier molecular flexibility index (Phi) is 3.31. The molecule has 0 N–H and O–H groups in total. The van der Waals surface area contributed by atoms with Gasteiger partial charge in [0.2, 0.25) is 0 Å². The molecule has 0 saturated heterocycles. The number of hydrogen-bond acceptors (Lipinski definition) is 1. The standard InChI is InChI=1S/C9H17NS/c1-10(2)9(11)8-6-4-3-5-7-8/h8H,3-7H2,1-2H3. The van der Waals surface area contributed by atoms with Gasteiger partial charge in [0.25, 0.3) is 0 Å². The molecule has 1 saturated carbocycles. The molecule has 1 rings (SSSR count). The van der Waals surface area contributed by atoms with Crippen LogP contribution in [0.5, 0.6) is 0 Å². The van der Waals surface area contributed by atoms with Crippen LogP contribution in [0.4, 0.5) is 0 Å². The van der Waals surface area contributed by atoms with Crippen LogP contribution in [0.15, 0.2) is 0 Å². The molecule has 0 spiro atoms. The van der Waals surface area contributed by atoms with E-state index in [-0.39, 0.29) is 0 Å². The van der Waals surface area contributed by atoms with E-state index in [0.717, 1.165) is 4.99 Å². The van der Waals surface area contributed by atoms with Crippen molar-refractivity contribution in [2.45, 2.75) is 32.1 Å². The average molecular weight is 171 g/mol. The molecule has 0 heterocycles. The lowest BCUT2D eigenvalue weighted by atomic mass is 9.89. The maximum absolute atomic E-state index is 5.32. The molecule has 2 heteroatoms. The third kappa shape index (κ3) is 2.44. The second-order valence-electron chi connectivity index (χ2n) is 3.57. The molecular formula is C9H17NS. The molecular weight excluding hydrogens is 154 g/mol. The highest BCUT2D eigenvalue weighted by molar-refractivity contribution is 7.80. The van der Waals surface area contributed by atoms with Gasteiger partial charge in [-0.1, -0.05) is 31.5 Å². The van der Waals surface area contributed by atoms with E-state index in [9.17, 15) is 0 Å². The monoisotopic (exact) mass is 171 g/mol. The third-order valence-corrected chi connectivity index (χ3v) is 3.09. The molecule has 1 nitrogen and oxygen atoms in total. The number of hydrogen-bond donors (Lipinski definition) is 0. The van der Waals surface area contributed by atoms with Gasteiger partial charge in [-0.25, -0.2) is 0 Å². The molecule has 0 radical (unpaired) electrons. The Labute approximate surface area is 74.8 Å². The van der Waals surface area contributed by atoms with Crippen molar-refractivity contribution in [3.05, 3.63) is 0 Å². The highest BCUT2D eigenvalue weighted by Crippen LogP contribution is 2.25. The maximum Gasteiger partial charge on any atom is 0.0805 e. The summed E-state index contributed by atoms with van der Waals surface area (Å²) in [7, 11) is 4.11. The number of thiocarbonyl (C=S) groups is 1. The van der Waals surface area contributed by atoms with E-state index in [0.29, 0.717) is 5.92 Å². The lowest BCUT2D eigenvalue weighted by Gasteiger charge is -2.26. The lowest BCUT2D eigenvalue weighted by Crippen LogP contribution is -2.29. The molecule has 0 amide bonds. The van der Waals surface area contributed by atoms with E-state index in [1.807, 2.05) is 0 Å². The first-order valence-electron chi connectivity index (χ1n) is 4.43. The molecule has 0 bridgehead atoms.